The van der Waals surface area contributed by atoms with Gasteiger partial charge in [-0.1, -0.05) is 26.0 Å². The van der Waals surface area contributed by atoms with Gasteiger partial charge in [-0.3, -0.25) is 14.5 Å². The summed E-state index contributed by atoms with van der Waals surface area (Å²) in [6.07, 6.45) is 0.569. The van der Waals surface area contributed by atoms with Crippen molar-refractivity contribution in [2.24, 2.45) is 0 Å². The Balaban J connectivity index is 2.22. The molecule has 1 aromatic rings. The van der Waals surface area contributed by atoms with Gasteiger partial charge in [0, 0.05) is 0 Å². The maximum absolute atomic E-state index is 12.7. The van der Waals surface area contributed by atoms with E-state index in [-0.39, 0.29) is 17.9 Å². The van der Waals surface area contributed by atoms with E-state index < -0.39 is 17.7 Å². The summed E-state index contributed by atoms with van der Waals surface area (Å²) >= 11 is 0. The number of amides is 3. The zero-order chi connectivity index (χ0) is 18.8. The number of fused-ring (bicyclic) bond motifs is 1. The zero-order valence-electron chi connectivity index (χ0n) is 15.5. The number of nitrogens with zero attached hydrogens (tertiary/aromatic N) is 1. The number of nitrogens with one attached hydrogen (secondary N) is 1. The molecule has 1 heterocycles. The second-order valence-corrected chi connectivity index (χ2v) is 7.16. The molecule has 0 radical (unpaired) electrons. The van der Waals surface area contributed by atoms with Gasteiger partial charge in [-0.25, -0.2) is 4.79 Å². The fourth-order valence-corrected chi connectivity index (χ4v) is 3.09. The highest BCUT2D eigenvalue weighted by Gasteiger charge is 2.42. The summed E-state index contributed by atoms with van der Waals surface area (Å²) < 4.78 is 5.30. The Hall–Kier alpha value is -2.37. The molecule has 1 aliphatic rings. The van der Waals surface area contributed by atoms with E-state index in [1.807, 2.05) is 13.8 Å². The number of rotatable bonds is 5. The van der Waals surface area contributed by atoms with Crippen LogP contribution < -0.4 is 5.32 Å². The summed E-state index contributed by atoms with van der Waals surface area (Å²) in [5, 5.41) is 2.81. The molecule has 25 heavy (non-hydrogen) atoms. The highest BCUT2D eigenvalue weighted by atomic mass is 16.6. The molecule has 0 aromatic heterocycles. The van der Waals surface area contributed by atoms with Crippen LogP contribution in [0.2, 0.25) is 0 Å². The lowest BCUT2D eigenvalue weighted by molar-refractivity contribution is 0.0404. The van der Waals surface area contributed by atoms with Crippen molar-refractivity contribution in [3.8, 4) is 0 Å². The Bertz CT molecular complexity index is 643. The lowest BCUT2D eigenvalue weighted by Gasteiger charge is -2.33. The van der Waals surface area contributed by atoms with E-state index in [1.54, 1.807) is 45.0 Å². The first-order valence-electron chi connectivity index (χ1n) is 8.66. The minimum absolute atomic E-state index is 0.308. The van der Waals surface area contributed by atoms with Crippen molar-refractivity contribution in [2.45, 2.75) is 65.1 Å². The first kappa shape index (κ1) is 19.0. The maximum Gasteiger partial charge on any atom is 0.407 e. The van der Waals surface area contributed by atoms with Crippen LogP contribution in [0.15, 0.2) is 24.3 Å². The first-order valence-corrected chi connectivity index (χ1v) is 8.66. The molecule has 0 unspecified atom stereocenters. The third kappa shape index (κ3) is 4.00. The molecule has 2 rings (SSSR count). The molecule has 6 nitrogen and oxygen atoms in total. The minimum Gasteiger partial charge on any atom is -0.444 e. The molecule has 136 valence electrons. The average molecular weight is 346 g/mol. The van der Waals surface area contributed by atoms with Crippen LogP contribution in [0.1, 0.15) is 68.2 Å². The molecule has 0 saturated heterocycles. The molecule has 1 aromatic carbocycles. The number of carbonyl (C=O) groups excluding carboxylic acids is 3. The lowest BCUT2D eigenvalue weighted by Crippen LogP contribution is -2.53. The average Bonchev–Trinajstić information content (AvgIpc) is 2.78. The van der Waals surface area contributed by atoms with Crippen LogP contribution in [0, 0.1) is 0 Å². The Morgan fingerprint density at radius 2 is 1.60 bits per heavy atom. The van der Waals surface area contributed by atoms with E-state index in [2.05, 4.69) is 5.32 Å². The highest BCUT2D eigenvalue weighted by molar-refractivity contribution is 6.21. The SMILES string of the molecule is CC[C@H](NC(=O)OC(C)(C)C)[C@@H](CC)N1C(=O)c2ccccc2C1=O. The smallest absolute Gasteiger partial charge is 0.407 e. The molecule has 0 aliphatic carbocycles. The van der Waals surface area contributed by atoms with E-state index in [1.165, 1.54) is 4.90 Å². The van der Waals surface area contributed by atoms with Crippen molar-refractivity contribution in [1.82, 2.24) is 10.2 Å². The summed E-state index contributed by atoms with van der Waals surface area (Å²) in [5.74, 6) is -0.617. The van der Waals surface area contributed by atoms with E-state index >= 15 is 0 Å². The van der Waals surface area contributed by atoms with Crippen LogP contribution in [0.5, 0.6) is 0 Å². The molecule has 2 atom stereocenters. The van der Waals surface area contributed by atoms with E-state index in [4.69, 9.17) is 4.74 Å². The Labute approximate surface area is 148 Å². The molecular formula is C19H26N2O4. The number of hydrogen-bond acceptors (Lipinski definition) is 4. The zero-order valence-corrected chi connectivity index (χ0v) is 15.5. The normalized spacial score (nSPS) is 16.4. The molecule has 0 spiro atoms. The minimum atomic E-state index is -0.612. The van der Waals surface area contributed by atoms with Gasteiger partial charge in [0.15, 0.2) is 0 Å². The highest BCUT2D eigenvalue weighted by Crippen LogP contribution is 2.27. The largest absolute Gasteiger partial charge is 0.444 e. The van der Waals surface area contributed by atoms with Crippen molar-refractivity contribution < 1.29 is 19.1 Å². The molecule has 3 amide bonds. The van der Waals surface area contributed by atoms with Crippen LogP contribution in [0.4, 0.5) is 4.79 Å². The molecule has 0 saturated carbocycles. The third-order valence-corrected chi connectivity index (χ3v) is 4.18. The number of alkyl carbamates (subject to hydrolysis) is 1. The standard InChI is InChI=1S/C19H26N2O4/c1-6-14(20-18(24)25-19(3,4)5)15(7-2)21-16(22)12-10-8-9-11-13(12)17(21)23/h8-11,14-15H,6-7H2,1-5H3,(H,20,24)/t14-,15+/m0/s1. The number of hydrogen-bond donors (Lipinski definition) is 1. The van der Waals surface area contributed by atoms with Gasteiger partial charge in [-0.15, -0.1) is 0 Å². The summed E-state index contributed by atoms with van der Waals surface area (Å²) in [6, 6.07) is 6.00. The Morgan fingerprint density at radius 3 is 2.00 bits per heavy atom. The number of imide groups is 1. The second kappa shape index (κ2) is 7.25. The number of benzene rings is 1. The van der Waals surface area contributed by atoms with Crippen molar-refractivity contribution in [3.63, 3.8) is 0 Å². The molecule has 0 fully saturated rings. The lowest BCUT2D eigenvalue weighted by atomic mass is 10.0. The van der Waals surface area contributed by atoms with Crippen LogP contribution in [0.25, 0.3) is 0 Å². The Morgan fingerprint density at radius 1 is 1.08 bits per heavy atom. The summed E-state index contributed by atoms with van der Waals surface area (Å²) in [5.41, 5.74) is 0.218. The first-order chi connectivity index (χ1) is 11.7. The Kier molecular flexibility index (Phi) is 5.50. The fraction of sp³-hybridized carbons (Fsp3) is 0.526. The van der Waals surface area contributed by atoms with Crippen molar-refractivity contribution >= 4 is 17.9 Å². The monoisotopic (exact) mass is 346 g/mol. The van der Waals surface area contributed by atoms with Gasteiger partial charge < -0.3 is 10.1 Å². The quantitative estimate of drug-likeness (QED) is 0.830. The van der Waals surface area contributed by atoms with Gasteiger partial charge in [0.05, 0.1) is 23.2 Å². The van der Waals surface area contributed by atoms with Crippen LogP contribution >= 0.6 is 0 Å². The number of carbonyl (C=O) groups is 3. The topological polar surface area (TPSA) is 75.7 Å². The predicted octanol–water partition coefficient (Wildman–Crippen LogP) is 3.36. The van der Waals surface area contributed by atoms with Crippen molar-refractivity contribution in [3.05, 3.63) is 35.4 Å². The molecular weight excluding hydrogens is 320 g/mol. The maximum atomic E-state index is 12.7. The number of ether oxygens (including phenoxy) is 1. The van der Waals surface area contributed by atoms with E-state index in [9.17, 15) is 14.4 Å². The predicted molar refractivity (Wildman–Crippen MR) is 94.5 cm³/mol. The van der Waals surface area contributed by atoms with Crippen molar-refractivity contribution in [1.29, 1.82) is 0 Å². The van der Waals surface area contributed by atoms with Gasteiger partial charge in [-0.2, -0.15) is 0 Å². The van der Waals surface area contributed by atoms with Crippen molar-refractivity contribution in [2.75, 3.05) is 0 Å². The van der Waals surface area contributed by atoms with Gasteiger partial charge in [0.25, 0.3) is 11.8 Å². The van der Waals surface area contributed by atoms with Gasteiger partial charge in [0.2, 0.25) is 0 Å². The summed E-state index contributed by atoms with van der Waals surface area (Å²) in [4.78, 5) is 38.8. The van der Waals surface area contributed by atoms with Gasteiger partial charge >= 0.3 is 6.09 Å². The summed E-state index contributed by atoms with van der Waals surface area (Å²) in [7, 11) is 0. The third-order valence-electron chi connectivity index (χ3n) is 4.18. The van der Waals surface area contributed by atoms with Gasteiger partial charge in [-0.05, 0) is 45.7 Å². The second-order valence-electron chi connectivity index (χ2n) is 7.16. The van der Waals surface area contributed by atoms with Crippen LogP contribution in [-0.4, -0.2) is 40.5 Å². The van der Waals surface area contributed by atoms with E-state index in [0.717, 1.165) is 0 Å². The molecule has 1 aliphatic heterocycles. The van der Waals surface area contributed by atoms with E-state index in [0.29, 0.717) is 24.0 Å². The summed E-state index contributed by atoms with van der Waals surface area (Å²) in [6.45, 7) is 9.16. The fourth-order valence-electron chi connectivity index (χ4n) is 3.09. The van der Waals surface area contributed by atoms with Crippen LogP contribution in [0.3, 0.4) is 0 Å². The van der Waals surface area contributed by atoms with Crippen LogP contribution in [-0.2, 0) is 4.74 Å². The molecule has 6 heteroatoms. The molecule has 1 N–H and O–H groups in total. The van der Waals surface area contributed by atoms with Gasteiger partial charge in [0.1, 0.15) is 5.60 Å². The molecule has 0 bridgehead atoms.